The van der Waals surface area contributed by atoms with Crippen LogP contribution < -0.4 is 5.73 Å². The summed E-state index contributed by atoms with van der Waals surface area (Å²) in [7, 11) is 0.676. The van der Waals surface area contributed by atoms with Crippen LogP contribution in [0.25, 0.3) is 0 Å². The standard InChI is InChI=1S/C10H24N2OSi/c1-12-7-5-6-10(8-11,9-12)13-14(2,3)4/h5-9,11H2,1-4H3. The normalized spacial score (nSPS) is 30.6. The van der Waals surface area contributed by atoms with Gasteiger partial charge in [-0.2, -0.15) is 0 Å². The Morgan fingerprint density at radius 2 is 2.07 bits per heavy atom. The van der Waals surface area contributed by atoms with Crippen molar-refractivity contribution in [3.63, 3.8) is 0 Å². The molecule has 0 amide bonds. The summed E-state index contributed by atoms with van der Waals surface area (Å²) in [5, 5.41) is 0. The summed E-state index contributed by atoms with van der Waals surface area (Å²) in [6.45, 7) is 9.53. The van der Waals surface area contributed by atoms with Crippen LogP contribution >= 0.6 is 0 Å². The van der Waals surface area contributed by atoms with Gasteiger partial charge < -0.3 is 15.1 Å². The van der Waals surface area contributed by atoms with Crippen molar-refractivity contribution < 1.29 is 4.43 Å². The molecule has 1 rings (SSSR count). The van der Waals surface area contributed by atoms with E-state index in [-0.39, 0.29) is 5.60 Å². The van der Waals surface area contributed by atoms with Gasteiger partial charge in [-0.25, -0.2) is 0 Å². The Hall–Kier alpha value is 0.0969. The molecule has 0 bridgehead atoms. The molecule has 0 aromatic rings. The minimum atomic E-state index is -1.47. The second-order valence-corrected chi connectivity index (χ2v) is 9.87. The van der Waals surface area contributed by atoms with E-state index in [0.29, 0.717) is 6.54 Å². The number of likely N-dealkylation sites (N-methyl/N-ethyl adjacent to an activating group) is 1. The third kappa shape index (κ3) is 3.35. The highest BCUT2D eigenvalue weighted by Crippen LogP contribution is 2.27. The van der Waals surface area contributed by atoms with Crippen LogP contribution in [0.5, 0.6) is 0 Å². The topological polar surface area (TPSA) is 38.5 Å². The number of nitrogens with two attached hydrogens (primary N) is 1. The van der Waals surface area contributed by atoms with Crippen LogP contribution in [-0.4, -0.2) is 45.5 Å². The molecule has 4 heteroatoms. The Balaban J connectivity index is 2.65. The van der Waals surface area contributed by atoms with E-state index in [1.54, 1.807) is 0 Å². The Labute approximate surface area is 88.7 Å². The maximum absolute atomic E-state index is 6.26. The minimum absolute atomic E-state index is 0.0581. The molecule has 0 aliphatic carbocycles. The zero-order valence-corrected chi connectivity index (χ0v) is 11.0. The van der Waals surface area contributed by atoms with Gasteiger partial charge in [-0.05, 0) is 46.1 Å². The van der Waals surface area contributed by atoms with Crippen LogP contribution in [0.4, 0.5) is 0 Å². The molecular formula is C10H24N2OSi. The molecule has 1 aliphatic rings. The van der Waals surface area contributed by atoms with E-state index in [1.807, 2.05) is 0 Å². The van der Waals surface area contributed by atoms with Crippen molar-refractivity contribution in [3.05, 3.63) is 0 Å². The monoisotopic (exact) mass is 216 g/mol. The average molecular weight is 216 g/mol. The average Bonchev–Trinajstić information content (AvgIpc) is 2.01. The van der Waals surface area contributed by atoms with Gasteiger partial charge in [-0.1, -0.05) is 0 Å². The summed E-state index contributed by atoms with van der Waals surface area (Å²) < 4.78 is 6.26. The fourth-order valence-corrected chi connectivity index (χ4v) is 3.81. The van der Waals surface area contributed by atoms with Gasteiger partial charge in [0.05, 0.1) is 5.60 Å². The van der Waals surface area contributed by atoms with Gasteiger partial charge >= 0.3 is 0 Å². The van der Waals surface area contributed by atoms with E-state index >= 15 is 0 Å². The molecule has 14 heavy (non-hydrogen) atoms. The molecule has 0 spiro atoms. The van der Waals surface area contributed by atoms with Crippen molar-refractivity contribution in [3.8, 4) is 0 Å². The van der Waals surface area contributed by atoms with Crippen LogP contribution in [0.15, 0.2) is 0 Å². The predicted molar refractivity (Wildman–Crippen MR) is 62.9 cm³/mol. The van der Waals surface area contributed by atoms with Crippen molar-refractivity contribution in [2.75, 3.05) is 26.7 Å². The highest BCUT2D eigenvalue weighted by atomic mass is 28.4. The van der Waals surface area contributed by atoms with E-state index in [0.717, 1.165) is 13.0 Å². The van der Waals surface area contributed by atoms with Crippen molar-refractivity contribution in [1.82, 2.24) is 4.90 Å². The van der Waals surface area contributed by atoms with Crippen LogP contribution in [0.1, 0.15) is 12.8 Å². The lowest BCUT2D eigenvalue weighted by atomic mass is 9.93. The molecule has 1 atom stereocenters. The molecule has 1 fully saturated rings. The fraction of sp³-hybridized carbons (Fsp3) is 1.00. The summed E-state index contributed by atoms with van der Waals surface area (Å²) in [5.74, 6) is 0. The van der Waals surface area contributed by atoms with Gasteiger partial charge in [0.2, 0.25) is 0 Å². The van der Waals surface area contributed by atoms with Crippen LogP contribution in [0, 0.1) is 0 Å². The highest BCUT2D eigenvalue weighted by molar-refractivity contribution is 6.69. The zero-order valence-electron chi connectivity index (χ0n) is 9.97. The fourth-order valence-electron chi connectivity index (χ4n) is 2.26. The summed E-state index contributed by atoms with van der Waals surface area (Å²) in [6.07, 6.45) is 2.33. The predicted octanol–water partition coefficient (Wildman–Crippen LogP) is 1.26. The zero-order chi connectivity index (χ0) is 10.8. The molecule has 0 aromatic carbocycles. The summed E-state index contributed by atoms with van der Waals surface area (Å²) >= 11 is 0. The molecule has 0 aromatic heterocycles. The molecule has 2 N–H and O–H groups in total. The second-order valence-electron chi connectivity index (χ2n) is 5.44. The van der Waals surface area contributed by atoms with E-state index in [4.69, 9.17) is 10.2 Å². The summed E-state index contributed by atoms with van der Waals surface area (Å²) in [6, 6.07) is 0. The maximum atomic E-state index is 6.26. The third-order valence-corrected chi connectivity index (χ3v) is 3.67. The van der Waals surface area contributed by atoms with Crippen LogP contribution in [0.3, 0.4) is 0 Å². The first-order valence-corrected chi connectivity index (χ1v) is 8.87. The van der Waals surface area contributed by atoms with Crippen molar-refractivity contribution in [1.29, 1.82) is 0 Å². The molecule has 1 heterocycles. The minimum Gasteiger partial charge on any atom is -0.410 e. The first-order chi connectivity index (χ1) is 6.37. The highest BCUT2D eigenvalue weighted by Gasteiger charge is 2.37. The first kappa shape index (κ1) is 12.2. The van der Waals surface area contributed by atoms with E-state index < -0.39 is 8.32 Å². The molecule has 0 saturated carbocycles. The van der Waals surface area contributed by atoms with Gasteiger partial charge in [0.1, 0.15) is 0 Å². The summed E-state index contributed by atoms with van der Waals surface area (Å²) in [5.41, 5.74) is 5.82. The van der Waals surface area contributed by atoms with Gasteiger partial charge in [0.25, 0.3) is 0 Å². The number of nitrogens with zero attached hydrogens (tertiary/aromatic N) is 1. The van der Waals surface area contributed by atoms with Crippen molar-refractivity contribution in [2.45, 2.75) is 38.1 Å². The third-order valence-electron chi connectivity index (χ3n) is 2.63. The molecule has 3 nitrogen and oxygen atoms in total. The molecular weight excluding hydrogens is 192 g/mol. The van der Waals surface area contributed by atoms with E-state index in [1.165, 1.54) is 13.0 Å². The molecule has 0 radical (unpaired) electrons. The maximum Gasteiger partial charge on any atom is 0.184 e. The smallest absolute Gasteiger partial charge is 0.184 e. The van der Waals surface area contributed by atoms with Gasteiger partial charge in [-0.3, -0.25) is 0 Å². The van der Waals surface area contributed by atoms with Crippen molar-refractivity contribution >= 4 is 8.32 Å². The number of hydrogen-bond acceptors (Lipinski definition) is 3. The Bertz CT molecular complexity index is 193. The SMILES string of the molecule is CN1CCCC(CN)(O[Si](C)(C)C)C1. The van der Waals surface area contributed by atoms with Gasteiger partial charge in [-0.15, -0.1) is 0 Å². The Morgan fingerprint density at radius 3 is 2.50 bits per heavy atom. The Morgan fingerprint density at radius 1 is 1.43 bits per heavy atom. The largest absolute Gasteiger partial charge is 0.410 e. The van der Waals surface area contributed by atoms with Gasteiger partial charge in [0, 0.05) is 13.1 Å². The van der Waals surface area contributed by atoms with E-state index in [9.17, 15) is 0 Å². The molecule has 1 aliphatic heterocycles. The van der Waals surface area contributed by atoms with Crippen molar-refractivity contribution in [2.24, 2.45) is 5.73 Å². The second kappa shape index (κ2) is 4.31. The number of rotatable bonds is 3. The lowest BCUT2D eigenvalue weighted by molar-refractivity contribution is 0.000828. The van der Waals surface area contributed by atoms with Gasteiger partial charge in [0.15, 0.2) is 8.32 Å². The molecule has 1 unspecified atom stereocenters. The van der Waals surface area contributed by atoms with Crippen LogP contribution in [0.2, 0.25) is 19.6 Å². The van der Waals surface area contributed by atoms with Crippen LogP contribution in [-0.2, 0) is 4.43 Å². The molecule has 84 valence electrons. The number of piperidine rings is 1. The first-order valence-electron chi connectivity index (χ1n) is 5.46. The lowest BCUT2D eigenvalue weighted by Crippen LogP contribution is -2.56. The number of likely N-dealkylation sites (tertiary alicyclic amines) is 1. The molecule has 1 saturated heterocycles. The number of hydrogen-bond donors (Lipinski definition) is 1. The quantitative estimate of drug-likeness (QED) is 0.722. The Kier molecular flexibility index (Phi) is 3.74. The van der Waals surface area contributed by atoms with E-state index in [2.05, 4.69) is 31.6 Å². The lowest BCUT2D eigenvalue weighted by Gasteiger charge is -2.44. The summed E-state index contributed by atoms with van der Waals surface area (Å²) in [4.78, 5) is 2.33.